The quantitative estimate of drug-likeness (QED) is 0.624. The molecule has 0 saturated carbocycles. The Morgan fingerprint density at radius 3 is 2.85 bits per heavy atom. The van der Waals surface area contributed by atoms with E-state index in [0.717, 1.165) is 29.9 Å². The number of nitrogens with zero attached hydrogens (tertiary/aromatic N) is 4. The molecule has 1 N–H and O–H groups in total. The molecule has 0 aromatic carbocycles. The molecule has 0 radical (unpaired) electrons. The van der Waals surface area contributed by atoms with Crippen LogP contribution in [-0.4, -0.2) is 49.2 Å². The van der Waals surface area contributed by atoms with Crippen LogP contribution in [-0.2, 0) is 16.1 Å². The number of hydrogen-bond donors (Lipinski definition) is 1. The maximum Gasteiger partial charge on any atom is 0.326 e. The molecular weight excluding hydrogens is 268 g/mol. The zero-order valence-corrected chi connectivity index (χ0v) is 10.6. The van der Waals surface area contributed by atoms with Crippen LogP contribution in [0.4, 0.5) is 5.69 Å². The topological polar surface area (TPSA) is 119 Å². The largest absolute Gasteiger partial charge is 0.480 e. The van der Waals surface area contributed by atoms with Gasteiger partial charge in [-0.15, -0.1) is 0 Å². The highest BCUT2D eigenvalue weighted by Crippen LogP contribution is 2.18. The van der Waals surface area contributed by atoms with Crippen molar-refractivity contribution in [2.45, 2.75) is 31.8 Å². The second-order valence-corrected chi connectivity index (χ2v) is 4.59. The van der Waals surface area contributed by atoms with E-state index in [4.69, 9.17) is 5.11 Å². The lowest BCUT2D eigenvalue weighted by Gasteiger charge is -2.32. The standard InChI is InChI=1S/C11H14N4O5/c16-10(7-13-6-8(5-12-13)15(19)20)14-4-2-1-3-9(14)11(17)18/h5-6,9H,1-4,7H2,(H,17,18). The van der Waals surface area contributed by atoms with E-state index in [2.05, 4.69) is 5.10 Å². The first kappa shape index (κ1) is 14.0. The van der Waals surface area contributed by atoms with Crippen molar-refractivity contribution in [1.29, 1.82) is 0 Å². The number of nitro groups is 1. The van der Waals surface area contributed by atoms with Crippen LogP contribution >= 0.6 is 0 Å². The Labute approximate surface area is 113 Å². The highest BCUT2D eigenvalue weighted by Gasteiger charge is 2.32. The average molecular weight is 282 g/mol. The molecule has 9 nitrogen and oxygen atoms in total. The van der Waals surface area contributed by atoms with Gasteiger partial charge in [0.05, 0.1) is 4.92 Å². The molecule has 2 heterocycles. The summed E-state index contributed by atoms with van der Waals surface area (Å²) in [6.07, 6.45) is 4.17. The van der Waals surface area contributed by atoms with Crippen LogP contribution in [0.15, 0.2) is 12.4 Å². The molecule has 1 aliphatic rings. The van der Waals surface area contributed by atoms with Crippen molar-refractivity contribution in [3.05, 3.63) is 22.5 Å². The van der Waals surface area contributed by atoms with Gasteiger partial charge in [0, 0.05) is 6.54 Å². The van der Waals surface area contributed by atoms with E-state index in [1.807, 2.05) is 0 Å². The van der Waals surface area contributed by atoms with E-state index in [1.54, 1.807) is 0 Å². The SMILES string of the molecule is O=C(O)C1CCCCN1C(=O)Cn1cc([N+](=O)[O-])cn1. The Hall–Kier alpha value is -2.45. The number of aromatic nitrogens is 2. The molecule has 1 saturated heterocycles. The van der Waals surface area contributed by atoms with Gasteiger partial charge in [-0.25, -0.2) is 4.79 Å². The van der Waals surface area contributed by atoms with Crippen LogP contribution in [0.25, 0.3) is 0 Å². The van der Waals surface area contributed by atoms with Crippen LogP contribution in [0.5, 0.6) is 0 Å². The van der Waals surface area contributed by atoms with Gasteiger partial charge in [0.25, 0.3) is 0 Å². The molecule has 1 aliphatic heterocycles. The molecular formula is C11H14N4O5. The molecule has 0 spiro atoms. The Balaban J connectivity index is 2.05. The highest BCUT2D eigenvalue weighted by atomic mass is 16.6. The fraction of sp³-hybridized carbons (Fsp3) is 0.545. The summed E-state index contributed by atoms with van der Waals surface area (Å²) in [5.74, 6) is -1.42. The summed E-state index contributed by atoms with van der Waals surface area (Å²) >= 11 is 0. The van der Waals surface area contributed by atoms with Gasteiger partial charge in [0.1, 0.15) is 25.0 Å². The predicted octanol–water partition coefficient (Wildman–Crippen LogP) is 0.257. The molecule has 2 rings (SSSR count). The fourth-order valence-corrected chi connectivity index (χ4v) is 2.25. The Morgan fingerprint density at radius 1 is 1.50 bits per heavy atom. The summed E-state index contributed by atoms with van der Waals surface area (Å²) in [4.78, 5) is 34.4. The van der Waals surface area contributed by atoms with Crippen molar-refractivity contribution >= 4 is 17.6 Å². The summed E-state index contributed by atoms with van der Waals surface area (Å²) in [7, 11) is 0. The van der Waals surface area contributed by atoms with E-state index in [-0.39, 0.29) is 12.2 Å². The molecule has 1 aromatic rings. The van der Waals surface area contributed by atoms with Gasteiger partial charge >= 0.3 is 11.7 Å². The number of rotatable bonds is 4. The minimum absolute atomic E-state index is 0.197. The van der Waals surface area contributed by atoms with Gasteiger partial charge in [0.15, 0.2) is 0 Å². The van der Waals surface area contributed by atoms with E-state index in [9.17, 15) is 19.7 Å². The second kappa shape index (κ2) is 5.68. The van der Waals surface area contributed by atoms with Gasteiger partial charge in [-0.2, -0.15) is 5.10 Å². The molecule has 1 aromatic heterocycles. The predicted molar refractivity (Wildman–Crippen MR) is 65.9 cm³/mol. The average Bonchev–Trinajstić information content (AvgIpc) is 2.87. The number of piperidine rings is 1. The number of likely N-dealkylation sites (tertiary alicyclic amines) is 1. The number of aliphatic carboxylic acids is 1. The summed E-state index contributed by atoms with van der Waals surface area (Å²) in [6.45, 7) is 0.191. The van der Waals surface area contributed by atoms with Crippen LogP contribution in [0.2, 0.25) is 0 Å². The monoisotopic (exact) mass is 282 g/mol. The molecule has 0 bridgehead atoms. The third-order valence-electron chi connectivity index (χ3n) is 3.24. The van der Waals surface area contributed by atoms with Gasteiger partial charge in [-0.3, -0.25) is 19.6 Å². The number of hydrogen-bond acceptors (Lipinski definition) is 5. The van der Waals surface area contributed by atoms with Crippen LogP contribution in [0.3, 0.4) is 0 Å². The normalized spacial score (nSPS) is 18.8. The third-order valence-corrected chi connectivity index (χ3v) is 3.24. The number of carbonyl (C=O) groups excluding carboxylic acids is 1. The number of amides is 1. The van der Waals surface area contributed by atoms with E-state index in [1.165, 1.54) is 4.90 Å². The maximum absolute atomic E-state index is 12.1. The molecule has 1 fully saturated rings. The molecule has 0 aliphatic carbocycles. The van der Waals surface area contributed by atoms with Gasteiger partial charge in [0.2, 0.25) is 5.91 Å². The van der Waals surface area contributed by atoms with Crippen molar-refractivity contribution in [2.24, 2.45) is 0 Å². The molecule has 9 heteroatoms. The Morgan fingerprint density at radius 2 is 2.25 bits per heavy atom. The summed E-state index contributed by atoms with van der Waals surface area (Å²) in [5, 5.41) is 23.3. The van der Waals surface area contributed by atoms with Crippen LogP contribution in [0.1, 0.15) is 19.3 Å². The first-order valence-electron chi connectivity index (χ1n) is 6.18. The van der Waals surface area contributed by atoms with E-state index < -0.39 is 22.8 Å². The Bertz CT molecular complexity index is 541. The highest BCUT2D eigenvalue weighted by molar-refractivity contribution is 5.83. The van der Waals surface area contributed by atoms with E-state index >= 15 is 0 Å². The smallest absolute Gasteiger partial charge is 0.326 e. The van der Waals surface area contributed by atoms with Gasteiger partial charge in [-0.1, -0.05) is 0 Å². The molecule has 1 unspecified atom stereocenters. The summed E-state index contributed by atoms with van der Waals surface area (Å²) < 4.78 is 1.15. The number of carboxylic acids is 1. The molecule has 20 heavy (non-hydrogen) atoms. The lowest BCUT2D eigenvalue weighted by molar-refractivity contribution is -0.385. The molecule has 108 valence electrons. The van der Waals surface area contributed by atoms with Crippen molar-refractivity contribution in [3.8, 4) is 0 Å². The minimum atomic E-state index is -1.02. The first-order chi connectivity index (χ1) is 9.49. The summed E-state index contributed by atoms with van der Waals surface area (Å²) in [5.41, 5.74) is -0.203. The zero-order valence-electron chi connectivity index (χ0n) is 10.6. The van der Waals surface area contributed by atoms with Crippen molar-refractivity contribution in [3.63, 3.8) is 0 Å². The Kier molecular flexibility index (Phi) is 3.97. The lowest BCUT2D eigenvalue weighted by atomic mass is 10.0. The molecule has 1 amide bonds. The second-order valence-electron chi connectivity index (χ2n) is 4.59. The van der Waals surface area contributed by atoms with Crippen molar-refractivity contribution in [1.82, 2.24) is 14.7 Å². The number of carboxylic acid groups (broad SMARTS) is 1. The maximum atomic E-state index is 12.1. The van der Waals surface area contributed by atoms with Crippen LogP contribution in [0, 0.1) is 10.1 Å². The fourth-order valence-electron chi connectivity index (χ4n) is 2.25. The molecule has 1 atom stereocenters. The first-order valence-corrected chi connectivity index (χ1v) is 6.18. The summed E-state index contributed by atoms with van der Waals surface area (Å²) in [6, 6.07) is -0.818. The van der Waals surface area contributed by atoms with Gasteiger partial charge < -0.3 is 10.0 Å². The van der Waals surface area contributed by atoms with Gasteiger partial charge in [-0.05, 0) is 19.3 Å². The number of carbonyl (C=O) groups is 2. The van der Waals surface area contributed by atoms with Crippen molar-refractivity contribution < 1.29 is 19.6 Å². The zero-order chi connectivity index (χ0) is 14.7. The lowest BCUT2D eigenvalue weighted by Crippen LogP contribution is -2.49. The van der Waals surface area contributed by atoms with E-state index in [0.29, 0.717) is 13.0 Å². The third kappa shape index (κ3) is 2.92. The minimum Gasteiger partial charge on any atom is -0.480 e. The van der Waals surface area contributed by atoms with Crippen LogP contribution < -0.4 is 0 Å². The van der Waals surface area contributed by atoms with Crippen molar-refractivity contribution in [2.75, 3.05) is 6.54 Å².